The maximum atomic E-state index is 12.8. The van der Waals surface area contributed by atoms with Gasteiger partial charge in [-0.05, 0) is 24.6 Å². The van der Waals surface area contributed by atoms with Gasteiger partial charge in [0.25, 0.3) is 5.91 Å². The fraction of sp³-hybridized carbons (Fsp3) is 0.250. The van der Waals surface area contributed by atoms with Gasteiger partial charge in [0.05, 0.1) is 17.6 Å². The Morgan fingerprint density at radius 3 is 3.09 bits per heavy atom. The Hall–Kier alpha value is -2.76. The minimum atomic E-state index is 0.0748. The quantitative estimate of drug-likeness (QED) is 0.676. The van der Waals surface area contributed by atoms with Crippen LogP contribution in [0.3, 0.4) is 0 Å². The number of H-pyrrole nitrogens is 2. The van der Waals surface area contributed by atoms with E-state index in [2.05, 4.69) is 15.2 Å². The average molecular weight is 295 g/mol. The van der Waals surface area contributed by atoms with E-state index in [-0.39, 0.29) is 11.8 Å². The summed E-state index contributed by atoms with van der Waals surface area (Å²) in [6, 6.07) is 7.72. The van der Waals surface area contributed by atoms with E-state index in [1.54, 1.807) is 6.20 Å². The normalized spacial score (nSPS) is 18.2. The smallest absolute Gasteiger partial charge is 0.254 e. The van der Waals surface area contributed by atoms with Crippen LogP contribution in [0.1, 0.15) is 28.4 Å². The molecule has 4 N–H and O–H groups in total. The number of aromatic nitrogens is 3. The molecule has 0 saturated carbocycles. The zero-order chi connectivity index (χ0) is 15.1. The van der Waals surface area contributed by atoms with Crippen molar-refractivity contribution in [2.45, 2.75) is 12.3 Å². The van der Waals surface area contributed by atoms with Gasteiger partial charge in [0.1, 0.15) is 0 Å². The second-order valence-corrected chi connectivity index (χ2v) is 5.72. The molecule has 1 unspecified atom stereocenters. The first-order valence-electron chi connectivity index (χ1n) is 7.38. The van der Waals surface area contributed by atoms with Crippen LogP contribution in [0, 0.1) is 0 Å². The molecule has 0 radical (unpaired) electrons. The van der Waals surface area contributed by atoms with Crippen molar-refractivity contribution < 1.29 is 4.79 Å². The van der Waals surface area contributed by atoms with Crippen LogP contribution in [0.15, 0.2) is 36.7 Å². The molecule has 4 rings (SSSR count). The van der Waals surface area contributed by atoms with Crippen molar-refractivity contribution in [1.29, 1.82) is 0 Å². The van der Waals surface area contributed by atoms with Crippen LogP contribution in [0.25, 0.3) is 10.9 Å². The minimum Gasteiger partial charge on any atom is -0.396 e. The van der Waals surface area contributed by atoms with Crippen LogP contribution in [0.5, 0.6) is 0 Å². The molecule has 1 aliphatic heterocycles. The summed E-state index contributed by atoms with van der Waals surface area (Å²) in [5.41, 5.74) is 9.26. The number of carbonyl (C=O) groups is 1. The van der Waals surface area contributed by atoms with Crippen LogP contribution in [-0.2, 0) is 0 Å². The van der Waals surface area contributed by atoms with E-state index in [0.29, 0.717) is 12.2 Å². The van der Waals surface area contributed by atoms with Gasteiger partial charge in [0.15, 0.2) is 0 Å². The summed E-state index contributed by atoms with van der Waals surface area (Å²) in [4.78, 5) is 17.9. The van der Waals surface area contributed by atoms with Crippen molar-refractivity contribution in [2.24, 2.45) is 0 Å². The molecule has 0 spiro atoms. The SMILES string of the molecule is Nc1cn[nH]c1C1CCN(C(=O)c2cccc3[nH]ccc23)C1. The van der Waals surface area contributed by atoms with Crippen molar-refractivity contribution in [3.05, 3.63) is 47.9 Å². The molecule has 1 fully saturated rings. The number of rotatable bonds is 2. The van der Waals surface area contributed by atoms with E-state index in [1.807, 2.05) is 35.4 Å². The molecule has 6 nitrogen and oxygen atoms in total. The van der Waals surface area contributed by atoms with Gasteiger partial charge in [-0.25, -0.2) is 0 Å². The Kier molecular flexibility index (Phi) is 2.89. The van der Waals surface area contributed by atoms with Crippen molar-refractivity contribution >= 4 is 22.5 Å². The second kappa shape index (κ2) is 4.91. The van der Waals surface area contributed by atoms with E-state index in [1.165, 1.54) is 0 Å². The molecule has 6 heteroatoms. The molecule has 1 atom stereocenters. The van der Waals surface area contributed by atoms with Crippen molar-refractivity contribution in [1.82, 2.24) is 20.1 Å². The number of fused-ring (bicyclic) bond motifs is 1. The molecule has 1 saturated heterocycles. The lowest BCUT2D eigenvalue weighted by Gasteiger charge is -2.17. The third-order valence-electron chi connectivity index (χ3n) is 4.41. The number of amides is 1. The maximum Gasteiger partial charge on any atom is 0.254 e. The standard InChI is InChI=1S/C16H17N5O/c17-13-8-19-20-15(13)10-5-7-21(9-10)16(22)12-2-1-3-14-11(12)4-6-18-14/h1-4,6,8,10,18H,5,7,9,17H2,(H,19,20). The number of anilines is 1. The van der Waals surface area contributed by atoms with Gasteiger partial charge in [-0.1, -0.05) is 6.07 Å². The summed E-state index contributed by atoms with van der Waals surface area (Å²) in [7, 11) is 0. The maximum absolute atomic E-state index is 12.8. The number of nitrogen functional groups attached to an aromatic ring is 1. The lowest BCUT2D eigenvalue weighted by atomic mass is 10.0. The van der Waals surface area contributed by atoms with E-state index in [4.69, 9.17) is 5.73 Å². The van der Waals surface area contributed by atoms with Gasteiger partial charge < -0.3 is 15.6 Å². The van der Waals surface area contributed by atoms with Crippen LogP contribution in [0.2, 0.25) is 0 Å². The first-order valence-corrected chi connectivity index (χ1v) is 7.38. The third-order valence-corrected chi connectivity index (χ3v) is 4.41. The number of hydrogen-bond acceptors (Lipinski definition) is 3. The lowest BCUT2D eigenvalue weighted by Crippen LogP contribution is -2.28. The third kappa shape index (κ3) is 1.95. The number of nitrogens with zero attached hydrogens (tertiary/aromatic N) is 2. The lowest BCUT2D eigenvalue weighted by molar-refractivity contribution is 0.0792. The number of nitrogens with two attached hydrogens (primary N) is 1. The van der Waals surface area contributed by atoms with Gasteiger partial charge in [-0.15, -0.1) is 0 Å². The number of hydrogen-bond donors (Lipinski definition) is 3. The number of benzene rings is 1. The van der Waals surface area contributed by atoms with Gasteiger partial charge in [0.2, 0.25) is 0 Å². The average Bonchev–Trinajstić information content (AvgIpc) is 3.25. The number of aromatic amines is 2. The van der Waals surface area contributed by atoms with Crippen LogP contribution in [0.4, 0.5) is 5.69 Å². The molecule has 1 aliphatic rings. The monoisotopic (exact) mass is 295 g/mol. The topological polar surface area (TPSA) is 90.8 Å². The van der Waals surface area contributed by atoms with Gasteiger partial charge >= 0.3 is 0 Å². The predicted molar refractivity (Wildman–Crippen MR) is 84.6 cm³/mol. The largest absolute Gasteiger partial charge is 0.396 e. The zero-order valence-electron chi connectivity index (χ0n) is 12.0. The summed E-state index contributed by atoms with van der Waals surface area (Å²) in [5, 5.41) is 7.89. The predicted octanol–water partition coefficient (Wildman–Crippen LogP) is 2.10. The van der Waals surface area contributed by atoms with Gasteiger partial charge in [0, 0.05) is 41.7 Å². The Morgan fingerprint density at radius 1 is 1.36 bits per heavy atom. The molecule has 2 aromatic heterocycles. The molecular weight excluding hydrogens is 278 g/mol. The van der Waals surface area contributed by atoms with Crippen LogP contribution in [-0.4, -0.2) is 39.1 Å². The zero-order valence-corrected chi connectivity index (χ0v) is 12.0. The van der Waals surface area contributed by atoms with E-state index in [0.717, 1.165) is 35.1 Å². The van der Waals surface area contributed by atoms with Gasteiger partial charge in [-0.3, -0.25) is 9.89 Å². The molecule has 22 heavy (non-hydrogen) atoms. The molecule has 3 heterocycles. The Balaban J connectivity index is 1.60. The van der Waals surface area contributed by atoms with Gasteiger partial charge in [-0.2, -0.15) is 5.10 Å². The molecule has 112 valence electrons. The molecule has 3 aromatic rings. The molecule has 1 amide bonds. The molecule has 0 aliphatic carbocycles. The summed E-state index contributed by atoms with van der Waals surface area (Å²) in [5.74, 6) is 0.308. The number of carbonyl (C=O) groups excluding carboxylic acids is 1. The van der Waals surface area contributed by atoms with E-state index < -0.39 is 0 Å². The first kappa shape index (κ1) is 12.9. The highest BCUT2D eigenvalue weighted by molar-refractivity contribution is 6.06. The molecule has 1 aromatic carbocycles. The molecule has 0 bridgehead atoms. The number of nitrogens with one attached hydrogen (secondary N) is 2. The van der Waals surface area contributed by atoms with Crippen molar-refractivity contribution in [3.8, 4) is 0 Å². The van der Waals surface area contributed by atoms with Crippen molar-refractivity contribution in [2.75, 3.05) is 18.8 Å². The highest BCUT2D eigenvalue weighted by Gasteiger charge is 2.30. The Morgan fingerprint density at radius 2 is 2.27 bits per heavy atom. The fourth-order valence-corrected chi connectivity index (χ4v) is 3.26. The summed E-state index contributed by atoms with van der Waals surface area (Å²) in [6.07, 6.45) is 4.39. The summed E-state index contributed by atoms with van der Waals surface area (Å²) < 4.78 is 0. The molecular formula is C16H17N5O. The van der Waals surface area contributed by atoms with E-state index in [9.17, 15) is 4.79 Å². The summed E-state index contributed by atoms with van der Waals surface area (Å²) >= 11 is 0. The Bertz CT molecular complexity index is 834. The Labute approximate surface area is 127 Å². The highest BCUT2D eigenvalue weighted by atomic mass is 16.2. The number of likely N-dealkylation sites (tertiary alicyclic amines) is 1. The second-order valence-electron chi connectivity index (χ2n) is 5.72. The van der Waals surface area contributed by atoms with Crippen LogP contribution < -0.4 is 5.73 Å². The van der Waals surface area contributed by atoms with E-state index >= 15 is 0 Å². The first-order chi connectivity index (χ1) is 10.7. The summed E-state index contributed by atoms with van der Waals surface area (Å²) in [6.45, 7) is 1.41. The minimum absolute atomic E-state index is 0.0748. The van der Waals surface area contributed by atoms with Crippen LogP contribution >= 0.6 is 0 Å². The van der Waals surface area contributed by atoms with Crippen molar-refractivity contribution in [3.63, 3.8) is 0 Å². The highest BCUT2D eigenvalue weighted by Crippen LogP contribution is 2.30. The fourth-order valence-electron chi connectivity index (χ4n) is 3.26.